The Labute approximate surface area is 104 Å². The Hall–Kier alpha value is -2.02. The third kappa shape index (κ3) is 2.97. The van der Waals surface area contributed by atoms with Crippen molar-refractivity contribution in [1.29, 1.82) is 0 Å². The molecule has 0 fully saturated rings. The molecule has 2 heterocycles. The predicted molar refractivity (Wildman–Crippen MR) is 64.7 cm³/mol. The molecule has 0 aliphatic carbocycles. The van der Waals surface area contributed by atoms with Gasteiger partial charge in [0.25, 0.3) is 11.5 Å². The maximum absolute atomic E-state index is 11.7. The molecule has 6 nitrogen and oxygen atoms in total. The normalized spacial score (nSPS) is 9.94. The van der Waals surface area contributed by atoms with Crippen LogP contribution in [-0.2, 0) is 0 Å². The molecule has 0 aliphatic rings. The van der Waals surface area contributed by atoms with E-state index in [1.54, 1.807) is 12.3 Å². The summed E-state index contributed by atoms with van der Waals surface area (Å²) in [7, 11) is 0. The summed E-state index contributed by atoms with van der Waals surface area (Å²) in [5.74, 6) is -0.0760. The van der Waals surface area contributed by atoms with Crippen LogP contribution in [0.15, 0.2) is 39.9 Å². The summed E-state index contributed by atoms with van der Waals surface area (Å²) in [5, 5.41) is 8.42. The molecule has 1 amide bonds. The van der Waals surface area contributed by atoms with Gasteiger partial charge in [-0.1, -0.05) is 0 Å². The van der Waals surface area contributed by atoms with Gasteiger partial charge in [0, 0.05) is 22.9 Å². The Bertz CT molecular complexity index is 591. The van der Waals surface area contributed by atoms with Crippen LogP contribution in [-0.4, -0.2) is 21.1 Å². The zero-order valence-electron chi connectivity index (χ0n) is 8.48. The fourth-order valence-electron chi connectivity index (χ4n) is 1.14. The van der Waals surface area contributed by atoms with Gasteiger partial charge in [0.15, 0.2) is 5.82 Å². The summed E-state index contributed by atoms with van der Waals surface area (Å²) in [4.78, 5) is 26.4. The minimum Gasteiger partial charge on any atom is -0.305 e. The van der Waals surface area contributed by atoms with Gasteiger partial charge in [0.2, 0.25) is 0 Å². The van der Waals surface area contributed by atoms with Crippen LogP contribution in [0.3, 0.4) is 0 Å². The number of carbonyl (C=O) groups is 1. The van der Waals surface area contributed by atoms with Gasteiger partial charge >= 0.3 is 0 Å². The molecular formula is C10H7BrN4O2. The van der Waals surface area contributed by atoms with Crippen molar-refractivity contribution in [3.63, 3.8) is 0 Å². The number of anilines is 1. The van der Waals surface area contributed by atoms with Crippen LogP contribution in [0.4, 0.5) is 5.82 Å². The van der Waals surface area contributed by atoms with Crippen LogP contribution in [0, 0.1) is 0 Å². The van der Waals surface area contributed by atoms with E-state index in [9.17, 15) is 9.59 Å². The number of aromatic nitrogens is 3. The smallest absolute Gasteiger partial charge is 0.264 e. The Kier molecular flexibility index (Phi) is 3.29. The van der Waals surface area contributed by atoms with Crippen LogP contribution < -0.4 is 10.9 Å². The Morgan fingerprint density at radius 2 is 2.18 bits per heavy atom. The molecule has 0 aliphatic heterocycles. The lowest BCUT2D eigenvalue weighted by atomic mass is 10.3. The first kappa shape index (κ1) is 11.5. The van der Waals surface area contributed by atoms with E-state index in [-0.39, 0.29) is 17.3 Å². The maximum Gasteiger partial charge on any atom is 0.264 e. The molecule has 0 spiro atoms. The number of aromatic amines is 1. The van der Waals surface area contributed by atoms with Crippen LogP contribution in [0.2, 0.25) is 0 Å². The number of hydrogen-bond acceptors (Lipinski definition) is 4. The number of nitrogens with one attached hydrogen (secondary N) is 2. The van der Waals surface area contributed by atoms with E-state index in [1.165, 1.54) is 18.3 Å². The number of amides is 1. The van der Waals surface area contributed by atoms with Crippen LogP contribution in [0.5, 0.6) is 0 Å². The summed E-state index contributed by atoms with van der Waals surface area (Å²) < 4.78 is 0.708. The standard InChI is InChI=1S/C10H7BrN4O2/c11-7-3-6(4-12-5-7)10(17)13-8-1-2-9(16)15-14-8/h1-5H,(H,15,16)(H,13,14,17). The molecule has 0 unspecified atom stereocenters. The topological polar surface area (TPSA) is 87.7 Å². The molecule has 2 N–H and O–H groups in total. The predicted octanol–water partition coefficient (Wildman–Crippen LogP) is 1.18. The molecule has 0 saturated heterocycles. The second kappa shape index (κ2) is 4.88. The summed E-state index contributed by atoms with van der Waals surface area (Å²) >= 11 is 3.22. The number of H-pyrrole nitrogens is 1. The van der Waals surface area contributed by atoms with Gasteiger partial charge in [0.1, 0.15) is 0 Å². The zero-order valence-corrected chi connectivity index (χ0v) is 10.1. The van der Waals surface area contributed by atoms with E-state index in [0.717, 1.165) is 0 Å². The first-order valence-corrected chi connectivity index (χ1v) is 5.42. The van der Waals surface area contributed by atoms with Crippen molar-refractivity contribution >= 4 is 27.7 Å². The summed E-state index contributed by atoms with van der Waals surface area (Å²) in [6.45, 7) is 0. The Balaban J connectivity index is 2.17. The van der Waals surface area contributed by atoms with E-state index in [1.807, 2.05) is 0 Å². The van der Waals surface area contributed by atoms with Gasteiger partial charge in [-0.05, 0) is 28.1 Å². The lowest BCUT2D eigenvalue weighted by Crippen LogP contribution is -2.15. The minimum absolute atomic E-state index is 0.273. The highest BCUT2D eigenvalue weighted by Crippen LogP contribution is 2.10. The van der Waals surface area contributed by atoms with E-state index < -0.39 is 0 Å². The molecule has 2 aromatic rings. The molecule has 7 heteroatoms. The average Bonchev–Trinajstić information content (AvgIpc) is 2.32. The van der Waals surface area contributed by atoms with E-state index in [0.29, 0.717) is 10.0 Å². The maximum atomic E-state index is 11.7. The van der Waals surface area contributed by atoms with Crippen molar-refractivity contribution in [2.45, 2.75) is 0 Å². The van der Waals surface area contributed by atoms with Crippen molar-refractivity contribution < 1.29 is 4.79 Å². The van der Waals surface area contributed by atoms with Crippen LogP contribution in [0.25, 0.3) is 0 Å². The number of carbonyl (C=O) groups excluding carboxylic acids is 1. The summed E-state index contributed by atoms with van der Waals surface area (Å²) in [6.07, 6.45) is 3.01. The fourth-order valence-corrected chi connectivity index (χ4v) is 1.50. The number of hydrogen-bond donors (Lipinski definition) is 2. The van der Waals surface area contributed by atoms with Crippen molar-refractivity contribution in [3.8, 4) is 0 Å². The van der Waals surface area contributed by atoms with Crippen LogP contribution in [0.1, 0.15) is 10.4 Å². The van der Waals surface area contributed by atoms with Crippen molar-refractivity contribution in [3.05, 3.63) is 51.0 Å². The molecule has 2 rings (SSSR count). The van der Waals surface area contributed by atoms with Gasteiger partial charge in [-0.25, -0.2) is 5.10 Å². The quantitative estimate of drug-likeness (QED) is 0.871. The molecule has 0 atom stereocenters. The lowest BCUT2D eigenvalue weighted by Gasteiger charge is -2.03. The largest absolute Gasteiger partial charge is 0.305 e. The Morgan fingerprint density at radius 3 is 2.82 bits per heavy atom. The first-order valence-electron chi connectivity index (χ1n) is 4.63. The van der Waals surface area contributed by atoms with Gasteiger partial charge in [-0.3, -0.25) is 14.6 Å². The monoisotopic (exact) mass is 294 g/mol. The van der Waals surface area contributed by atoms with Crippen LogP contribution >= 0.6 is 15.9 Å². The SMILES string of the molecule is O=C(Nc1ccc(=O)[nH]n1)c1cncc(Br)c1. The van der Waals surface area contributed by atoms with Crippen molar-refractivity contribution in [2.24, 2.45) is 0 Å². The fraction of sp³-hybridized carbons (Fsp3) is 0. The molecule has 0 saturated carbocycles. The molecule has 2 aromatic heterocycles. The molecule has 86 valence electrons. The van der Waals surface area contributed by atoms with Crippen molar-refractivity contribution in [1.82, 2.24) is 15.2 Å². The third-order valence-electron chi connectivity index (χ3n) is 1.89. The second-order valence-electron chi connectivity index (χ2n) is 3.15. The molecule has 17 heavy (non-hydrogen) atoms. The molecule has 0 aromatic carbocycles. The van der Waals surface area contributed by atoms with E-state index in [4.69, 9.17) is 0 Å². The summed E-state index contributed by atoms with van der Waals surface area (Å²) in [6, 6.07) is 4.33. The van der Waals surface area contributed by atoms with Crippen molar-refractivity contribution in [2.75, 3.05) is 5.32 Å². The molecular weight excluding hydrogens is 288 g/mol. The Morgan fingerprint density at radius 1 is 1.35 bits per heavy atom. The zero-order chi connectivity index (χ0) is 12.3. The number of pyridine rings is 1. The lowest BCUT2D eigenvalue weighted by molar-refractivity contribution is 0.102. The second-order valence-corrected chi connectivity index (χ2v) is 4.07. The highest BCUT2D eigenvalue weighted by Gasteiger charge is 2.07. The van der Waals surface area contributed by atoms with Gasteiger partial charge < -0.3 is 5.32 Å². The van der Waals surface area contributed by atoms with Gasteiger partial charge in [-0.15, -0.1) is 0 Å². The highest BCUT2D eigenvalue weighted by molar-refractivity contribution is 9.10. The van der Waals surface area contributed by atoms with E-state index >= 15 is 0 Å². The van der Waals surface area contributed by atoms with Gasteiger partial charge in [0.05, 0.1) is 5.56 Å². The number of rotatable bonds is 2. The molecule has 0 radical (unpaired) electrons. The first-order chi connectivity index (χ1) is 8.15. The number of nitrogens with zero attached hydrogens (tertiary/aromatic N) is 2. The number of halogens is 1. The van der Waals surface area contributed by atoms with Gasteiger partial charge in [-0.2, -0.15) is 5.10 Å². The molecule has 0 bridgehead atoms. The average molecular weight is 295 g/mol. The van der Waals surface area contributed by atoms with E-state index in [2.05, 4.69) is 36.4 Å². The third-order valence-corrected chi connectivity index (χ3v) is 2.32. The highest BCUT2D eigenvalue weighted by atomic mass is 79.9. The summed E-state index contributed by atoms with van der Waals surface area (Å²) in [5.41, 5.74) is 0.0690. The minimum atomic E-state index is -0.349.